The third-order valence-corrected chi connectivity index (χ3v) is 2.37. The topological polar surface area (TPSA) is 84.5 Å². The largest absolute Gasteiger partial charge is 0.412 e. The Labute approximate surface area is 117 Å². The number of Topliss-reactive ketones (excluding diaryl/α,β-unsaturated/α-hetero) is 1. The lowest BCUT2D eigenvalue weighted by atomic mass is 10.2. The summed E-state index contributed by atoms with van der Waals surface area (Å²) in [6.45, 7) is 1.99. The first kappa shape index (κ1) is 15.7. The molecule has 0 radical (unpaired) electrons. The van der Waals surface area contributed by atoms with Crippen LogP contribution in [0.5, 0.6) is 5.75 Å². The van der Waals surface area contributed by atoms with Crippen LogP contribution in [-0.2, 0) is 9.59 Å². The first-order chi connectivity index (χ1) is 9.58. The maximum Gasteiger partial charge on any atom is 0.412 e. The molecular weight excluding hydrogens is 260 g/mol. The number of amides is 2. The van der Waals surface area contributed by atoms with Gasteiger partial charge in [-0.1, -0.05) is 18.2 Å². The van der Waals surface area contributed by atoms with Gasteiger partial charge in [-0.3, -0.25) is 4.79 Å². The van der Waals surface area contributed by atoms with Crippen LogP contribution in [-0.4, -0.2) is 30.9 Å². The van der Waals surface area contributed by atoms with E-state index in [0.29, 0.717) is 12.3 Å². The first-order valence-electron chi connectivity index (χ1n) is 6.35. The van der Waals surface area contributed by atoms with Crippen molar-refractivity contribution in [1.29, 1.82) is 0 Å². The van der Waals surface area contributed by atoms with Crippen LogP contribution in [0.2, 0.25) is 0 Å². The van der Waals surface area contributed by atoms with Crippen molar-refractivity contribution in [1.82, 2.24) is 10.6 Å². The molecule has 0 aliphatic heterocycles. The van der Waals surface area contributed by atoms with Crippen LogP contribution in [0.1, 0.15) is 19.8 Å². The van der Waals surface area contributed by atoms with Crippen molar-refractivity contribution in [3.05, 3.63) is 30.3 Å². The predicted octanol–water partition coefficient (Wildman–Crippen LogP) is 1.26. The number of ketones is 1. The summed E-state index contributed by atoms with van der Waals surface area (Å²) in [6.07, 6.45) is -0.173. The molecule has 6 nitrogen and oxygen atoms in total. The lowest BCUT2D eigenvalue weighted by Gasteiger charge is -2.07. The van der Waals surface area contributed by atoms with Gasteiger partial charge in [-0.25, -0.2) is 4.79 Å². The maximum absolute atomic E-state index is 11.4. The van der Waals surface area contributed by atoms with Gasteiger partial charge in [-0.15, -0.1) is 0 Å². The van der Waals surface area contributed by atoms with E-state index < -0.39 is 6.09 Å². The van der Waals surface area contributed by atoms with Crippen LogP contribution in [0.3, 0.4) is 0 Å². The molecule has 0 fully saturated rings. The van der Waals surface area contributed by atoms with Crippen LogP contribution in [0.25, 0.3) is 0 Å². The third kappa shape index (κ3) is 7.15. The molecule has 6 heteroatoms. The van der Waals surface area contributed by atoms with Crippen molar-refractivity contribution < 1.29 is 19.1 Å². The van der Waals surface area contributed by atoms with E-state index in [9.17, 15) is 14.4 Å². The zero-order chi connectivity index (χ0) is 14.8. The van der Waals surface area contributed by atoms with Gasteiger partial charge in [0.2, 0.25) is 5.91 Å². The Morgan fingerprint density at radius 2 is 1.65 bits per heavy atom. The van der Waals surface area contributed by atoms with Gasteiger partial charge in [-0.05, 0) is 19.1 Å². The smallest absolute Gasteiger partial charge is 0.410 e. The molecule has 1 aromatic rings. The summed E-state index contributed by atoms with van der Waals surface area (Å²) in [7, 11) is 0. The Bertz CT molecular complexity index is 460. The number of hydrogen-bond acceptors (Lipinski definition) is 4. The fourth-order valence-electron chi connectivity index (χ4n) is 1.38. The normalized spacial score (nSPS) is 9.65. The van der Waals surface area contributed by atoms with Crippen molar-refractivity contribution in [2.45, 2.75) is 19.8 Å². The van der Waals surface area contributed by atoms with E-state index in [2.05, 4.69) is 10.6 Å². The van der Waals surface area contributed by atoms with E-state index in [1.807, 2.05) is 6.07 Å². The van der Waals surface area contributed by atoms with Crippen molar-refractivity contribution in [3.63, 3.8) is 0 Å². The lowest BCUT2D eigenvalue weighted by Crippen LogP contribution is -2.36. The van der Waals surface area contributed by atoms with Gasteiger partial charge in [0.15, 0.2) is 0 Å². The molecule has 20 heavy (non-hydrogen) atoms. The molecule has 2 amide bonds. The molecule has 0 saturated heterocycles. The van der Waals surface area contributed by atoms with Gasteiger partial charge in [0.05, 0.1) is 0 Å². The quantitative estimate of drug-likeness (QED) is 0.735. The molecule has 0 aliphatic carbocycles. The van der Waals surface area contributed by atoms with Crippen LogP contribution in [0.15, 0.2) is 30.3 Å². The number of rotatable bonds is 7. The predicted molar refractivity (Wildman–Crippen MR) is 73.4 cm³/mol. The number of hydrogen-bond donors (Lipinski definition) is 2. The number of nitrogens with one attached hydrogen (secondary N) is 2. The molecule has 108 valence electrons. The Kier molecular flexibility index (Phi) is 6.81. The highest BCUT2D eigenvalue weighted by Crippen LogP contribution is 2.07. The van der Waals surface area contributed by atoms with Crippen LogP contribution in [0.4, 0.5) is 4.79 Å². The third-order valence-electron chi connectivity index (χ3n) is 2.37. The number of ether oxygens (including phenoxy) is 1. The molecule has 0 spiro atoms. The molecule has 0 aliphatic rings. The van der Waals surface area contributed by atoms with Gasteiger partial charge in [-0.2, -0.15) is 0 Å². The zero-order valence-electron chi connectivity index (χ0n) is 11.3. The molecule has 0 aromatic heterocycles. The van der Waals surface area contributed by atoms with E-state index in [-0.39, 0.29) is 31.1 Å². The second-order valence-corrected chi connectivity index (χ2v) is 4.18. The monoisotopic (exact) mass is 278 g/mol. The molecule has 0 unspecified atom stereocenters. The fourth-order valence-corrected chi connectivity index (χ4v) is 1.38. The molecule has 0 atom stereocenters. The molecule has 1 rings (SSSR count). The first-order valence-corrected chi connectivity index (χ1v) is 6.35. The standard InChI is InChI=1S/C14H18N2O4/c1-11(17)7-8-13(18)15-9-10-16-14(19)20-12-5-3-2-4-6-12/h2-6H,7-10H2,1H3,(H,15,18)(H,16,19). The SMILES string of the molecule is CC(=O)CCC(=O)NCCNC(=O)Oc1ccccc1. The van der Waals surface area contributed by atoms with Crippen molar-refractivity contribution in [2.24, 2.45) is 0 Å². The van der Waals surface area contributed by atoms with Gasteiger partial charge in [0, 0.05) is 25.9 Å². The molecule has 0 bridgehead atoms. The summed E-state index contributed by atoms with van der Waals surface area (Å²) < 4.78 is 4.99. The minimum atomic E-state index is -0.575. The Morgan fingerprint density at radius 3 is 2.30 bits per heavy atom. The number of carbonyl (C=O) groups excluding carboxylic acids is 3. The zero-order valence-corrected chi connectivity index (χ0v) is 11.3. The summed E-state index contributed by atoms with van der Waals surface area (Å²) in [4.78, 5) is 33.3. The van der Waals surface area contributed by atoms with Crippen molar-refractivity contribution >= 4 is 17.8 Å². The van der Waals surface area contributed by atoms with Gasteiger partial charge in [0.25, 0.3) is 0 Å². The summed E-state index contributed by atoms with van der Waals surface area (Å²) >= 11 is 0. The molecule has 1 aromatic carbocycles. The Hall–Kier alpha value is -2.37. The Balaban J connectivity index is 2.10. The average molecular weight is 278 g/mol. The summed E-state index contributed by atoms with van der Waals surface area (Å²) in [5.74, 6) is 0.221. The highest BCUT2D eigenvalue weighted by Gasteiger charge is 2.05. The number of para-hydroxylation sites is 1. The van der Waals surface area contributed by atoms with Crippen molar-refractivity contribution in [2.75, 3.05) is 13.1 Å². The fraction of sp³-hybridized carbons (Fsp3) is 0.357. The van der Waals surface area contributed by atoms with E-state index in [4.69, 9.17) is 4.74 Å². The van der Waals surface area contributed by atoms with Crippen LogP contribution < -0.4 is 15.4 Å². The van der Waals surface area contributed by atoms with Gasteiger partial charge in [0.1, 0.15) is 11.5 Å². The van der Waals surface area contributed by atoms with Gasteiger partial charge < -0.3 is 20.2 Å². The van der Waals surface area contributed by atoms with Crippen LogP contribution in [0, 0.1) is 0 Å². The molecule has 2 N–H and O–H groups in total. The highest BCUT2D eigenvalue weighted by molar-refractivity contribution is 5.83. The van der Waals surface area contributed by atoms with Crippen LogP contribution >= 0.6 is 0 Å². The number of carbonyl (C=O) groups is 3. The minimum Gasteiger partial charge on any atom is -0.410 e. The second-order valence-electron chi connectivity index (χ2n) is 4.18. The minimum absolute atomic E-state index is 0.0234. The Morgan fingerprint density at radius 1 is 1.00 bits per heavy atom. The van der Waals surface area contributed by atoms with E-state index in [1.165, 1.54) is 6.92 Å². The molecular formula is C14H18N2O4. The second kappa shape index (κ2) is 8.68. The summed E-state index contributed by atoms with van der Waals surface area (Å²) in [5, 5.41) is 5.10. The summed E-state index contributed by atoms with van der Waals surface area (Å²) in [6, 6.07) is 8.68. The van der Waals surface area contributed by atoms with Gasteiger partial charge >= 0.3 is 6.09 Å². The highest BCUT2D eigenvalue weighted by atomic mass is 16.6. The molecule has 0 saturated carbocycles. The average Bonchev–Trinajstić information content (AvgIpc) is 2.42. The van der Waals surface area contributed by atoms with Crippen molar-refractivity contribution in [3.8, 4) is 5.75 Å². The van der Waals surface area contributed by atoms with E-state index >= 15 is 0 Å². The molecule has 0 heterocycles. The lowest BCUT2D eigenvalue weighted by molar-refractivity contribution is -0.124. The summed E-state index contributed by atoms with van der Waals surface area (Å²) in [5.41, 5.74) is 0. The van der Waals surface area contributed by atoms with E-state index in [0.717, 1.165) is 0 Å². The number of benzene rings is 1. The maximum atomic E-state index is 11.4. The van der Waals surface area contributed by atoms with E-state index in [1.54, 1.807) is 24.3 Å².